The van der Waals surface area contributed by atoms with E-state index >= 15 is 0 Å². The number of nitrogens with zero attached hydrogens (tertiary/aromatic N) is 7. The van der Waals surface area contributed by atoms with Gasteiger partial charge in [0.05, 0.1) is 10.9 Å². The van der Waals surface area contributed by atoms with Crippen molar-refractivity contribution in [1.82, 2.24) is 29.6 Å². The van der Waals surface area contributed by atoms with Crippen LogP contribution in [-0.4, -0.2) is 67.8 Å². The number of rotatable bonds is 5. The molecule has 2 saturated heterocycles. The number of anilines is 2. The second-order valence-electron chi connectivity index (χ2n) is 9.78. The summed E-state index contributed by atoms with van der Waals surface area (Å²) in [6.07, 6.45) is 4.14. The van der Waals surface area contributed by atoms with E-state index in [-0.39, 0.29) is 11.7 Å². The predicted octanol–water partition coefficient (Wildman–Crippen LogP) is 3.51. The zero-order valence-electron chi connectivity index (χ0n) is 20.4. The number of carbonyl (C=O) groups excluding carboxylic acids is 1. The molecule has 2 aliphatic rings. The van der Waals surface area contributed by atoms with Crippen molar-refractivity contribution in [3.05, 3.63) is 29.8 Å². The van der Waals surface area contributed by atoms with E-state index in [2.05, 4.69) is 37.0 Å². The van der Waals surface area contributed by atoms with Gasteiger partial charge in [0.1, 0.15) is 5.82 Å². The first-order chi connectivity index (χ1) is 16.6. The van der Waals surface area contributed by atoms with Gasteiger partial charge in [-0.3, -0.25) is 9.69 Å². The van der Waals surface area contributed by atoms with Gasteiger partial charge in [-0.15, -0.1) is 5.10 Å². The second kappa shape index (κ2) is 8.78. The summed E-state index contributed by atoms with van der Waals surface area (Å²) in [4.78, 5) is 28.9. The van der Waals surface area contributed by atoms with E-state index in [0.717, 1.165) is 44.3 Å². The van der Waals surface area contributed by atoms with Crippen molar-refractivity contribution in [2.45, 2.75) is 52.5 Å². The van der Waals surface area contributed by atoms with Gasteiger partial charge in [0.25, 0.3) is 0 Å². The van der Waals surface area contributed by atoms with Crippen LogP contribution in [-0.2, 0) is 10.7 Å². The Morgan fingerprint density at radius 2 is 1.91 bits per heavy atom. The Bertz CT molecular complexity index is 1260. The number of hydrogen-bond donors (Lipinski definition) is 1. The average molecular weight is 485 g/mol. The maximum atomic E-state index is 14.1. The van der Waals surface area contributed by atoms with Gasteiger partial charge in [0.2, 0.25) is 11.7 Å². The van der Waals surface area contributed by atoms with Gasteiger partial charge in [-0.2, -0.15) is 8.78 Å². The second-order valence-corrected chi connectivity index (χ2v) is 9.78. The van der Waals surface area contributed by atoms with Crippen LogP contribution in [0.2, 0.25) is 0 Å². The molecule has 0 radical (unpaired) electrons. The highest BCUT2D eigenvalue weighted by atomic mass is 19.3. The average Bonchev–Trinajstić information content (AvgIpc) is 3.50. The summed E-state index contributed by atoms with van der Waals surface area (Å²) in [7, 11) is 0. The molecule has 1 N–H and O–H groups in total. The van der Waals surface area contributed by atoms with Crippen molar-refractivity contribution in [3.63, 3.8) is 0 Å². The normalized spacial score (nSPS) is 21.3. The monoisotopic (exact) mass is 484 g/mol. The molecule has 5 rings (SSSR count). The minimum atomic E-state index is -3.19. The van der Waals surface area contributed by atoms with Crippen LogP contribution < -0.4 is 10.2 Å². The Morgan fingerprint density at radius 3 is 2.60 bits per heavy atom. The Hall–Kier alpha value is -3.21. The molecule has 0 aromatic carbocycles. The molecule has 2 unspecified atom stereocenters. The summed E-state index contributed by atoms with van der Waals surface area (Å²) in [5, 5.41) is 8.32. The summed E-state index contributed by atoms with van der Waals surface area (Å²) in [5.41, 5.74) is 1.04. The first-order valence-electron chi connectivity index (χ1n) is 12.0. The number of alkyl halides is 2. The topological polar surface area (TPSA) is 92.1 Å². The Morgan fingerprint density at radius 1 is 1.17 bits per heavy atom. The first kappa shape index (κ1) is 23.5. The van der Waals surface area contributed by atoms with E-state index in [0.29, 0.717) is 29.0 Å². The molecule has 3 aromatic heterocycles. The van der Waals surface area contributed by atoms with Crippen LogP contribution in [0.25, 0.3) is 16.7 Å². The molecule has 186 valence electrons. The summed E-state index contributed by atoms with van der Waals surface area (Å²) < 4.78 is 29.8. The van der Waals surface area contributed by atoms with Crippen molar-refractivity contribution < 1.29 is 13.6 Å². The van der Waals surface area contributed by atoms with Crippen molar-refractivity contribution in [2.24, 2.45) is 5.92 Å². The summed E-state index contributed by atoms with van der Waals surface area (Å²) in [6.45, 7) is 10.0. The number of fused-ring (bicyclic) bond motifs is 1. The van der Waals surface area contributed by atoms with E-state index in [9.17, 15) is 13.6 Å². The molecule has 3 aromatic rings. The van der Waals surface area contributed by atoms with Crippen LogP contribution in [0.1, 0.15) is 45.1 Å². The minimum absolute atomic E-state index is 0.244. The van der Waals surface area contributed by atoms with Crippen molar-refractivity contribution in [1.29, 1.82) is 0 Å². The lowest BCUT2D eigenvalue weighted by Gasteiger charge is -2.26. The molecule has 5 heterocycles. The highest BCUT2D eigenvalue weighted by Crippen LogP contribution is 2.35. The van der Waals surface area contributed by atoms with Crippen LogP contribution in [0.4, 0.5) is 20.4 Å². The molecule has 35 heavy (non-hydrogen) atoms. The number of carbonyl (C=O) groups is 1. The molecule has 9 nitrogen and oxygen atoms in total. The SMILES string of the molecule is CC(=O)Nc1cc2c(cn1)c(N1CC(C)C(N3CCCC3)C1)nn2-c1cc(C)nc(C(C)(F)F)n1. The standard InChI is InChI=1S/C24H30F2N8O/c1-14-12-33(13-19(14)32-7-5-6-8-32)22-17-11-27-20(29-16(3)35)10-18(17)34(31-22)21-9-15(2)28-23(30-21)24(4,25)26/h9-11,14,19H,5-8,12-13H2,1-4H3,(H,27,29,35). The van der Waals surface area contributed by atoms with Crippen LogP contribution in [0.15, 0.2) is 18.3 Å². The third kappa shape index (κ3) is 4.56. The fourth-order valence-corrected chi connectivity index (χ4v) is 5.18. The van der Waals surface area contributed by atoms with Gasteiger partial charge < -0.3 is 10.2 Å². The van der Waals surface area contributed by atoms with Crippen molar-refractivity contribution in [3.8, 4) is 5.82 Å². The van der Waals surface area contributed by atoms with Gasteiger partial charge in [0.15, 0.2) is 11.6 Å². The quantitative estimate of drug-likeness (QED) is 0.593. The molecule has 2 fully saturated rings. The molecule has 0 bridgehead atoms. The number of aromatic nitrogens is 5. The predicted molar refractivity (Wildman–Crippen MR) is 129 cm³/mol. The molecule has 0 saturated carbocycles. The molecule has 2 aliphatic heterocycles. The van der Waals surface area contributed by atoms with Gasteiger partial charge in [-0.25, -0.2) is 19.6 Å². The van der Waals surface area contributed by atoms with E-state index in [1.54, 1.807) is 29.9 Å². The lowest BCUT2D eigenvalue weighted by molar-refractivity contribution is -0.114. The van der Waals surface area contributed by atoms with E-state index < -0.39 is 11.7 Å². The van der Waals surface area contributed by atoms with Crippen molar-refractivity contribution >= 4 is 28.4 Å². The highest BCUT2D eigenvalue weighted by Gasteiger charge is 2.37. The molecule has 2 atom stereocenters. The summed E-state index contributed by atoms with van der Waals surface area (Å²) in [6, 6.07) is 3.77. The molecular weight excluding hydrogens is 454 g/mol. The van der Waals surface area contributed by atoms with Gasteiger partial charge in [-0.05, 0) is 38.8 Å². The van der Waals surface area contributed by atoms with E-state index in [1.807, 2.05) is 0 Å². The van der Waals surface area contributed by atoms with Gasteiger partial charge in [-0.1, -0.05) is 6.92 Å². The fraction of sp³-hybridized carbons (Fsp3) is 0.542. The molecule has 0 aliphatic carbocycles. The number of halogens is 2. The molecule has 1 amide bonds. The number of pyridine rings is 1. The smallest absolute Gasteiger partial charge is 0.303 e. The first-order valence-corrected chi connectivity index (χ1v) is 12.0. The third-order valence-corrected chi connectivity index (χ3v) is 6.78. The number of hydrogen-bond acceptors (Lipinski definition) is 7. The summed E-state index contributed by atoms with van der Waals surface area (Å²) in [5.74, 6) is -2.21. The Labute approximate surface area is 202 Å². The van der Waals surface area contributed by atoms with Crippen molar-refractivity contribution in [2.75, 3.05) is 36.4 Å². The molecule has 11 heteroatoms. The minimum Gasteiger partial charge on any atom is -0.353 e. The lowest BCUT2D eigenvalue weighted by Crippen LogP contribution is -2.38. The maximum absolute atomic E-state index is 14.1. The molecular formula is C24H30F2N8O. The molecule has 0 spiro atoms. The summed E-state index contributed by atoms with van der Waals surface area (Å²) >= 11 is 0. The zero-order chi connectivity index (χ0) is 24.9. The third-order valence-electron chi connectivity index (χ3n) is 6.78. The number of aryl methyl sites for hydroxylation is 1. The van der Waals surface area contributed by atoms with E-state index in [1.165, 1.54) is 19.8 Å². The number of amides is 1. The van der Waals surface area contributed by atoms with E-state index in [4.69, 9.17) is 5.10 Å². The zero-order valence-corrected chi connectivity index (χ0v) is 20.4. The maximum Gasteiger partial charge on any atom is 0.303 e. The van der Waals surface area contributed by atoms with Crippen LogP contribution >= 0.6 is 0 Å². The highest BCUT2D eigenvalue weighted by molar-refractivity contribution is 5.95. The van der Waals surface area contributed by atoms with Crippen LogP contribution in [0, 0.1) is 12.8 Å². The Balaban J connectivity index is 1.61. The van der Waals surface area contributed by atoms with Crippen LogP contribution in [0.3, 0.4) is 0 Å². The number of likely N-dealkylation sites (tertiary alicyclic amines) is 1. The Kier molecular flexibility index (Phi) is 5.90. The lowest BCUT2D eigenvalue weighted by atomic mass is 10.1. The van der Waals surface area contributed by atoms with Gasteiger partial charge >= 0.3 is 5.92 Å². The number of nitrogens with one attached hydrogen (secondary N) is 1. The fourth-order valence-electron chi connectivity index (χ4n) is 5.18. The largest absolute Gasteiger partial charge is 0.353 e. The van der Waals surface area contributed by atoms with Gasteiger partial charge in [0, 0.05) is 57.0 Å². The van der Waals surface area contributed by atoms with Crippen LogP contribution in [0.5, 0.6) is 0 Å².